The van der Waals surface area contributed by atoms with Crippen molar-refractivity contribution in [2.45, 2.75) is 37.4 Å². The Kier molecular flexibility index (Phi) is 7.68. The minimum Gasteiger partial charge on any atom is -0.477 e. The average Bonchev–Trinajstić information content (AvgIpc) is 3.32. The monoisotopic (exact) mass is 561 g/mol. The van der Waals surface area contributed by atoms with E-state index in [4.69, 9.17) is 10.6 Å². The molecule has 15 heteroatoms. The number of anilines is 1. The first-order valence-corrected chi connectivity index (χ1v) is 13.2. The fourth-order valence-corrected chi connectivity index (χ4v) is 5.70. The topological polar surface area (TPSA) is 177 Å². The van der Waals surface area contributed by atoms with Crippen LogP contribution in [0.2, 0.25) is 0 Å². The predicted molar refractivity (Wildman–Crippen MR) is 137 cm³/mol. The third-order valence-corrected chi connectivity index (χ3v) is 7.72. The molecule has 0 spiro atoms. The second-order valence-corrected chi connectivity index (χ2v) is 10.8. The molecule has 0 radical (unpaired) electrons. The van der Waals surface area contributed by atoms with E-state index in [1.165, 1.54) is 43.0 Å². The molecule has 2 aliphatic heterocycles. The maximum absolute atomic E-state index is 13.2. The molecule has 0 aliphatic carbocycles. The Bertz CT molecular complexity index is 1340. The number of rotatable bonds is 9. The quantitative estimate of drug-likeness (QED) is 0.125. The lowest BCUT2D eigenvalue weighted by Crippen LogP contribution is -2.71. The molecule has 4 heterocycles. The number of thioether (sulfide) groups is 1. The van der Waals surface area contributed by atoms with Crippen LogP contribution < -0.4 is 15.6 Å². The number of β-lactam (4-membered cyclic amide) rings is 1. The smallest absolute Gasteiger partial charge is 0.352 e. The summed E-state index contributed by atoms with van der Waals surface area (Å²) in [5.41, 5.74) is 4.45. The lowest BCUT2D eigenvalue weighted by atomic mass is 10.0. The van der Waals surface area contributed by atoms with E-state index in [9.17, 15) is 24.3 Å². The number of hydrogen-bond donors (Lipinski definition) is 3. The molecule has 1 saturated heterocycles. The maximum atomic E-state index is 13.2. The van der Waals surface area contributed by atoms with Gasteiger partial charge in [0.2, 0.25) is 5.60 Å². The van der Waals surface area contributed by atoms with Gasteiger partial charge < -0.3 is 25.7 Å². The van der Waals surface area contributed by atoms with Gasteiger partial charge >= 0.3 is 11.9 Å². The van der Waals surface area contributed by atoms with Crippen molar-refractivity contribution in [3.05, 3.63) is 52.9 Å². The lowest BCUT2D eigenvalue weighted by Gasteiger charge is -2.49. The highest BCUT2D eigenvalue weighted by Gasteiger charge is 2.55. The fourth-order valence-electron chi connectivity index (χ4n) is 3.82. The number of carbonyl (C=O) groups excluding carboxylic acids is 3. The van der Waals surface area contributed by atoms with Crippen molar-refractivity contribution in [3.8, 4) is 0 Å². The van der Waals surface area contributed by atoms with Crippen LogP contribution in [0.15, 0.2) is 52.4 Å². The summed E-state index contributed by atoms with van der Waals surface area (Å²) in [6, 6.07) is 4.48. The number of pyridine rings is 1. The zero-order chi connectivity index (χ0) is 27.6. The molecular formula is C23H25N6O7S2+. The van der Waals surface area contributed by atoms with E-state index in [0.29, 0.717) is 17.9 Å². The van der Waals surface area contributed by atoms with E-state index in [1.807, 2.05) is 22.8 Å². The van der Waals surface area contributed by atoms with Crippen molar-refractivity contribution in [3.63, 3.8) is 0 Å². The number of carbonyl (C=O) groups is 4. The summed E-state index contributed by atoms with van der Waals surface area (Å²) in [6.45, 7) is 3.12. The van der Waals surface area contributed by atoms with Crippen LogP contribution in [0, 0.1) is 0 Å². The van der Waals surface area contributed by atoms with Crippen LogP contribution in [0.25, 0.3) is 0 Å². The number of methoxy groups -OCH3 is 1. The van der Waals surface area contributed by atoms with Gasteiger partial charge in [-0.05, 0) is 13.8 Å². The fraction of sp³-hybridized carbons (Fsp3) is 0.348. The Morgan fingerprint density at radius 1 is 1.32 bits per heavy atom. The Balaban J connectivity index is 1.55. The number of esters is 1. The van der Waals surface area contributed by atoms with Crippen LogP contribution in [-0.4, -0.2) is 74.3 Å². The Morgan fingerprint density at radius 2 is 2.03 bits per heavy atom. The summed E-state index contributed by atoms with van der Waals surface area (Å²) in [5, 5.41) is 17.4. The molecule has 0 bridgehead atoms. The number of thiazole rings is 1. The normalized spacial score (nSPS) is 19.4. The van der Waals surface area contributed by atoms with Gasteiger partial charge in [-0.1, -0.05) is 11.2 Å². The van der Waals surface area contributed by atoms with Gasteiger partial charge in [-0.15, -0.1) is 23.1 Å². The largest absolute Gasteiger partial charge is 0.477 e. The number of ether oxygens (including phenoxy) is 1. The Labute approximate surface area is 225 Å². The SMILES string of the molecule is COC(=O)C(C)(C)O/N=C(\C(=O)N[C@@H]1C(=O)N2C(C(=O)O)=C(C[n+]3ccccc3)CS[C@H]12)c1csc(N)n1. The molecule has 1 fully saturated rings. The van der Waals surface area contributed by atoms with E-state index in [0.717, 1.165) is 11.3 Å². The summed E-state index contributed by atoms with van der Waals surface area (Å²) in [6.07, 6.45) is 3.61. The second-order valence-electron chi connectivity index (χ2n) is 8.77. The van der Waals surface area contributed by atoms with Crippen LogP contribution >= 0.6 is 23.1 Å². The third kappa shape index (κ3) is 5.33. The first-order chi connectivity index (χ1) is 18.0. The number of fused-ring (bicyclic) bond motifs is 1. The van der Waals surface area contributed by atoms with Crippen molar-refractivity contribution in [2.24, 2.45) is 5.16 Å². The van der Waals surface area contributed by atoms with Crippen LogP contribution in [0.4, 0.5) is 5.13 Å². The van der Waals surface area contributed by atoms with Gasteiger partial charge in [0.1, 0.15) is 22.8 Å². The van der Waals surface area contributed by atoms with Gasteiger partial charge in [0.05, 0.1) is 7.11 Å². The number of aromatic nitrogens is 2. The molecule has 2 amide bonds. The number of nitrogen functional groups attached to an aromatic ring is 1. The first kappa shape index (κ1) is 27.1. The highest BCUT2D eigenvalue weighted by atomic mass is 32.2. The molecule has 4 rings (SSSR count). The summed E-state index contributed by atoms with van der Waals surface area (Å²) in [7, 11) is 1.19. The number of carboxylic acid groups (broad SMARTS) is 1. The van der Waals surface area contributed by atoms with E-state index >= 15 is 0 Å². The van der Waals surface area contributed by atoms with Crippen LogP contribution in [0.3, 0.4) is 0 Å². The Morgan fingerprint density at radius 3 is 2.63 bits per heavy atom. The molecule has 2 atom stereocenters. The molecule has 2 aromatic rings. The van der Waals surface area contributed by atoms with Gasteiger partial charge in [-0.2, -0.15) is 0 Å². The van der Waals surface area contributed by atoms with E-state index in [1.54, 1.807) is 12.4 Å². The third-order valence-electron chi connectivity index (χ3n) is 5.71. The summed E-state index contributed by atoms with van der Waals surface area (Å²) < 4.78 is 6.50. The van der Waals surface area contributed by atoms with Crippen LogP contribution in [-0.2, 0) is 35.3 Å². The number of nitrogens with zero attached hydrogens (tertiary/aromatic N) is 4. The van der Waals surface area contributed by atoms with E-state index in [2.05, 4.69) is 20.2 Å². The summed E-state index contributed by atoms with van der Waals surface area (Å²) in [5.74, 6) is -2.97. The molecule has 0 unspecified atom stereocenters. The molecule has 0 saturated carbocycles. The Hall–Kier alpha value is -3.98. The average molecular weight is 562 g/mol. The number of nitrogens with two attached hydrogens (primary N) is 1. The summed E-state index contributed by atoms with van der Waals surface area (Å²) >= 11 is 2.40. The van der Waals surface area contributed by atoms with Crippen molar-refractivity contribution in [2.75, 3.05) is 18.6 Å². The van der Waals surface area contributed by atoms with Gasteiger partial charge in [0.25, 0.3) is 11.8 Å². The maximum Gasteiger partial charge on any atom is 0.352 e. The molecule has 200 valence electrons. The number of oxime groups is 1. The number of aliphatic carboxylic acids is 1. The minimum absolute atomic E-state index is 0.0823. The van der Waals surface area contributed by atoms with Crippen molar-refractivity contribution >= 4 is 57.7 Å². The van der Waals surface area contributed by atoms with Crippen molar-refractivity contribution in [1.82, 2.24) is 15.2 Å². The molecule has 13 nitrogen and oxygen atoms in total. The summed E-state index contributed by atoms with van der Waals surface area (Å²) in [4.78, 5) is 60.9. The van der Waals surface area contributed by atoms with Gasteiger partial charge in [0, 0.05) is 28.8 Å². The standard InChI is InChI=1S/C23H24N6O7S2/c1-23(2,21(34)35-3)36-27-14(13-11-38-22(24)25-13)17(30)26-15-18(31)29-16(20(32)33)12(10-37-19(15)29)9-28-7-5-4-6-8-28/h4-8,11,15,19H,9-10H2,1-3H3,(H3-,24,25,26,30,32,33)/p+1/b27-14-/t15-,19-/m1/s1. The lowest BCUT2D eigenvalue weighted by molar-refractivity contribution is -0.689. The van der Waals surface area contributed by atoms with Gasteiger partial charge in [-0.3, -0.25) is 14.5 Å². The van der Waals surface area contributed by atoms with E-state index in [-0.39, 0.29) is 22.2 Å². The molecule has 2 aliphatic rings. The molecule has 2 aromatic heterocycles. The van der Waals surface area contributed by atoms with Gasteiger partial charge in [-0.25, -0.2) is 19.1 Å². The first-order valence-electron chi connectivity index (χ1n) is 11.2. The number of amides is 2. The van der Waals surface area contributed by atoms with Gasteiger partial charge in [0.15, 0.2) is 29.8 Å². The van der Waals surface area contributed by atoms with Crippen LogP contribution in [0.5, 0.6) is 0 Å². The highest BCUT2D eigenvalue weighted by Crippen LogP contribution is 2.40. The zero-order valence-electron chi connectivity index (χ0n) is 20.6. The second kappa shape index (κ2) is 10.8. The van der Waals surface area contributed by atoms with Crippen molar-refractivity contribution < 1.29 is 38.4 Å². The van der Waals surface area contributed by atoms with Crippen molar-refractivity contribution in [1.29, 1.82) is 0 Å². The number of carboxylic acids is 1. The highest BCUT2D eigenvalue weighted by molar-refractivity contribution is 8.00. The molecular weight excluding hydrogens is 536 g/mol. The minimum atomic E-state index is -1.52. The van der Waals surface area contributed by atoms with E-state index < -0.39 is 40.8 Å². The predicted octanol–water partition coefficient (Wildman–Crippen LogP) is 0.124. The zero-order valence-corrected chi connectivity index (χ0v) is 22.2. The number of hydrogen-bond acceptors (Lipinski definition) is 11. The molecule has 0 aromatic carbocycles. The van der Waals surface area contributed by atoms with Crippen LogP contribution in [0.1, 0.15) is 19.5 Å². The number of nitrogens with one attached hydrogen (secondary N) is 1. The molecule has 38 heavy (non-hydrogen) atoms. The molecule has 4 N–H and O–H groups in total.